The molecule has 1 fully saturated rings. The Morgan fingerprint density at radius 2 is 1.77 bits per heavy atom. The van der Waals surface area contributed by atoms with Gasteiger partial charge in [-0.25, -0.2) is 0 Å². The molecular formula is C35H38N2O5S. The Morgan fingerprint density at radius 3 is 2.33 bits per heavy atom. The molecule has 4 rings (SSSR count). The quantitative estimate of drug-likeness (QED) is 0.209. The maximum Gasteiger partial charge on any atom is 0.327 e. The van der Waals surface area contributed by atoms with E-state index in [2.05, 4.69) is 5.32 Å². The molecule has 0 radical (unpaired) electrons. The number of phenols is 1. The zero-order valence-electron chi connectivity index (χ0n) is 25.5. The minimum Gasteiger partial charge on any atom is -0.508 e. The van der Waals surface area contributed by atoms with Gasteiger partial charge in [-0.1, -0.05) is 46.8 Å². The Morgan fingerprint density at radius 1 is 1.12 bits per heavy atom. The molecule has 8 heteroatoms. The second-order valence-electron chi connectivity index (χ2n) is 12.5. The van der Waals surface area contributed by atoms with Crippen LogP contribution in [0.1, 0.15) is 80.1 Å². The van der Waals surface area contributed by atoms with Crippen LogP contribution < -0.4 is 5.32 Å². The number of nitrogens with one attached hydrogen (secondary N) is 1. The third-order valence-electron chi connectivity index (χ3n) is 8.01. The van der Waals surface area contributed by atoms with Gasteiger partial charge in [0.1, 0.15) is 11.4 Å². The number of thioether (sulfide) groups is 1. The number of carbonyl (C=O) groups is 3. The second kappa shape index (κ2) is 12.6. The molecule has 0 aliphatic carbocycles. The van der Waals surface area contributed by atoms with E-state index in [9.17, 15) is 19.5 Å². The Labute approximate surface area is 257 Å². The summed E-state index contributed by atoms with van der Waals surface area (Å²) in [6.45, 7) is 11.9. The van der Waals surface area contributed by atoms with Crippen molar-refractivity contribution in [3.63, 3.8) is 0 Å². The van der Waals surface area contributed by atoms with Crippen LogP contribution in [0, 0.1) is 24.2 Å². The maximum absolute atomic E-state index is 13.6. The van der Waals surface area contributed by atoms with Crippen LogP contribution in [0.2, 0.25) is 0 Å². The fourth-order valence-corrected chi connectivity index (χ4v) is 6.56. The summed E-state index contributed by atoms with van der Waals surface area (Å²) in [5.41, 5.74) is 2.98. The van der Waals surface area contributed by atoms with Gasteiger partial charge in [-0.3, -0.25) is 14.4 Å². The van der Waals surface area contributed by atoms with Crippen molar-refractivity contribution >= 4 is 35.1 Å². The number of aryl methyl sites for hydroxylation is 2. The molecule has 43 heavy (non-hydrogen) atoms. The molecule has 3 aromatic carbocycles. The zero-order chi connectivity index (χ0) is 31.5. The summed E-state index contributed by atoms with van der Waals surface area (Å²) in [4.78, 5) is 40.8. The highest BCUT2D eigenvalue weighted by atomic mass is 32.2. The Hall–Kier alpha value is -4.09. The van der Waals surface area contributed by atoms with Gasteiger partial charge in [-0.15, -0.1) is 11.8 Å². The van der Waals surface area contributed by atoms with E-state index in [0.29, 0.717) is 29.7 Å². The molecule has 1 aliphatic heterocycles. The molecule has 2 atom stereocenters. The lowest BCUT2D eigenvalue weighted by Gasteiger charge is -2.41. The molecule has 2 unspecified atom stereocenters. The topological polar surface area (TPSA) is 116 Å². The first-order chi connectivity index (χ1) is 20.2. The lowest BCUT2D eigenvalue weighted by molar-refractivity contribution is -0.176. The molecule has 224 valence electrons. The van der Waals surface area contributed by atoms with Crippen LogP contribution in [0.3, 0.4) is 0 Å². The third-order valence-corrected chi connectivity index (χ3v) is 9.30. The predicted octanol–water partition coefficient (Wildman–Crippen LogP) is 7.13. The zero-order valence-corrected chi connectivity index (χ0v) is 26.3. The molecule has 1 heterocycles. The normalized spacial score (nSPS) is 18.7. The summed E-state index contributed by atoms with van der Waals surface area (Å²) in [7, 11) is 0. The highest BCUT2D eigenvalue weighted by Crippen LogP contribution is 2.43. The van der Waals surface area contributed by atoms with Gasteiger partial charge >= 0.3 is 5.97 Å². The van der Waals surface area contributed by atoms with Crippen molar-refractivity contribution in [1.29, 1.82) is 5.26 Å². The third kappa shape index (κ3) is 7.29. The van der Waals surface area contributed by atoms with Gasteiger partial charge in [0, 0.05) is 22.6 Å². The molecule has 3 aromatic rings. The second-order valence-corrected chi connectivity index (χ2v) is 13.7. The Kier molecular flexibility index (Phi) is 9.36. The number of ketones is 1. The molecule has 0 saturated carbocycles. The summed E-state index contributed by atoms with van der Waals surface area (Å²) in [5, 5.41) is 20.6. The molecule has 0 bridgehead atoms. The molecule has 1 amide bonds. The Bertz CT molecular complexity index is 1550. The first kappa shape index (κ1) is 31.8. The summed E-state index contributed by atoms with van der Waals surface area (Å²) < 4.78 is 6.13. The molecule has 0 aromatic heterocycles. The van der Waals surface area contributed by atoms with Crippen LogP contribution in [0.25, 0.3) is 0 Å². The number of carbonyl (C=O) groups excluding carboxylic acids is 3. The van der Waals surface area contributed by atoms with Crippen molar-refractivity contribution in [2.75, 3.05) is 5.32 Å². The van der Waals surface area contributed by atoms with Gasteiger partial charge in [-0.2, -0.15) is 5.26 Å². The number of nitrogens with zero attached hydrogens (tertiary/aromatic N) is 1. The Balaban J connectivity index is 1.55. The van der Waals surface area contributed by atoms with E-state index in [1.165, 1.54) is 11.8 Å². The SMILES string of the molecule is Cc1cc(SC2C(=O)CC(CCc3ccc(O)cc3)(C(C)C)OC2=O)c(C(C)(C)C)cc1NC(=O)c1ccc(C#N)cc1. The van der Waals surface area contributed by atoms with Gasteiger partial charge in [0.05, 0.1) is 11.6 Å². The van der Waals surface area contributed by atoms with Crippen molar-refractivity contribution in [3.8, 4) is 11.8 Å². The van der Waals surface area contributed by atoms with E-state index in [4.69, 9.17) is 10.00 Å². The number of hydrogen-bond donors (Lipinski definition) is 2. The highest BCUT2D eigenvalue weighted by molar-refractivity contribution is 8.01. The maximum atomic E-state index is 13.6. The van der Waals surface area contributed by atoms with E-state index in [0.717, 1.165) is 21.6 Å². The average molecular weight is 599 g/mol. The number of cyclic esters (lactones) is 1. The molecule has 2 N–H and O–H groups in total. The van der Waals surface area contributed by atoms with Crippen LogP contribution in [0.4, 0.5) is 5.69 Å². The van der Waals surface area contributed by atoms with Crippen molar-refractivity contribution in [2.24, 2.45) is 5.92 Å². The van der Waals surface area contributed by atoms with E-state index in [-0.39, 0.29) is 35.2 Å². The first-order valence-corrected chi connectivity index (χ1v) is 15.3. The van der Waals surface area contributed by atoms with Crippen LogP contribution >= 0.6 is 11.8 Å². The summed E-state index contributed by atoms with van der Waals surface area (Å²) in [5.74, 6) is -0.855. The lowest BCUT2D eigenvalue weighted by Crippen LogP contribution is -2.52. The van der Waals surface area contributed by atoms with Crippen molar-refractivity contribution in [3.05, 3.63) is 88.5 Å². The average Bonchev–Trinajstić information content (AvgIpc) is 2.95. The number of benzene rings is 3. The standard InChI is InChI=1S/C35H38N2O5S/c1-21(2)35(16-15-23-9-13-26(38)14-10-23)19-29(39)31(33(41)42-35)43-30-17-22(3)28(18-27(30)34(4,5)6)37-32(40)25-11-7-24(20-36)8-12-25/h7-14,17-18,21,31,38H,15-16,19H2,1-6H3,(H,37,40). The largest absolute Gasteiger partial charge is 0.508 e. The van der Waals surface area contributed by atoms with Gasteiger partial charge < -0.3 is 15.2 Å². The summed E-state index contributed by atoms with van der Waals surface area (Å²) in [6.07, 6.45) is 1.25. The van der Waals surface area contributed by atoms with Crippen molar-refractivity contribution in [1.82, 2.24) is 0 Å². The number of Topliss-reactive ketones (excluding diaryl/α,β-unsaturated/α-hetero) is 1. The predicted molar refractivity (Wildman–Crippen MR) is 168 cm³/mol. The van der Waals surface area contributed by atoms with Crippen molar-refractivity contribution < 1.29 is 24.2 Å². The van der Waals surface area contributed by atoms with Crippen molar-refractivity contribution in [2.45, 2.75) is 82.0 Å². The number of rotatable bonds is 8. The van der Waals surface area contributed by atoms with Gasteiger partial charge in [0.25, 0.3) is 5.91 Å². The fraction of sp³-hybridized carbons (Fsp3) is 0.371. The molecule has 0 spiro atoms. The minimum atomic E-state index is -0.986. The minimum absolute atomic E-state index is 0.0603. The number of ether oxygens (including phenoxy) is 1. The number of amides is 1. The summed E-state index contributed by atoms with van der Waals surface area (Å²) in [6, 6.07) is 19.2. The monoisotopic (exact) mass is 598 g/mol. The number of hydrogen-bond acceptors (Lipinski definition) is 7. The molecular weight excluding hydrogens is 560 g/mol. The number of nitriles is 1. The van der Waals surface area contributed by atoms with Gasteiger partial charge in [-0.05, 0) is 96.3 Å². The first-order valence-electron chi connectivity index (χ1n) is 14.4. The molecule has 1 saturated heterocycles. The van der Waals surface area contributed by atoms with E-state index in [1.54, 1.807) is 36.4 Å². The number of anilines is 1. The van der Waals surface area contributed by atoms with Crippen LogP contribution in [-0.4, -0.2) is 33.6 Å². The number of phenolic OH excluding ortho intramolecular Hbond substituents is 1. The summed E-state index contributed by atoms with van der Waals surface area (Å²) >= 11 is 1.21. The van der Waals surface area contributed by atoms with E-state index >= 15 is 0 Å². The van der Waals surface area contributed by atoms with E-state index < -0.39 is 16.8 Å². The van der Waals surface area contributed by atoms with Gasteiger partial charge in [0.15, 0.2) is 11.0 Å². The van der Waals surface area contributed by atoms with Crippen LogP contribution in [-0.2, 0) is 26.2 Å². The molecule has 7 nitrogen and oxygen atoms in total. The molecule has 1 aliphatic rings. The van der Waals surface area contributed by atoms with Crippen LogP contribution in [0.5, 0.6) is 5.75 Å². The van der Waals surface area contributed by atoms with E-state index in [1.807, 2.05) is 71.9 Å². The van der Waals surface area contributed by atoms with Gasteiger partial charge in [0.2, 0.25) is 0 Å². The van der Waals surface area contributed by atoms with Crippen LogP contribution in [0.15, 0.2) is 65.6 Å². The fourth-order valence-electron chi connectivity index (χ4n) is 5.21. The number of aromatic hydroxyl groups is 1. The smallest absolute Gasteiger partial charge is 0.327 e. The lowest BCUT2D eigenvalue weighted by atomic mass is 9.78. The highest BCUT2D eigenvalue weighted by Gasteiger charge is 2.49. The number of esters is 1.